The number of benzene rings is 1. The number of rotatable bonds is 5. The normalized spacial score (nSPS) is 10.8. The van der Waals surface area contributed by atoms with E-state index in [-0.39, 0.29) is 5.69 Å². The van der Waals surface area contributed by atoms with E-state index in [1.165, 1.54) is 28.5 Å². The van der Waals surface area contributed by atoms with Crippen LogP contribution in [0.3, 0.4) is 0 Å². The smallest absolute Gasteiger partial charge is 0.355 e. The van der Waals surface area contributed by atoms with E-state index in [0.29, 0.717) is 15.1 Å². The molecular weight excluding hydrogens is 342 g/mol. The molecule has 22 heavy (non-hydrogen) atoms. The number of thioether (sulfide) groups is 1. The highest BCUT2D eigenvalue weighted by Gasteiger charge is 2.10. The predicted octanol–water partition coefficient (Wildman–Crippen LogP) is 5.05. The van der Waals surface area contributed by atoms with Gasteiger partial charge in [-0.25, -0.2) is 9.78 Å². The highest BCUT2D eigenvalue weighted by atomic mass is 35.5. The molecule has 3 rings (SSSR count). The zero-order valence-electron chi connectivity index (χ0n) is 11.2. The van der Waals surface area contributed by atoms with Crippen LogP contribution in [0.4, 0.5) is 0 Å². The van der Waals surface area contributed by atoms with E-state index in [9.17, 15) is 4.79 Å². The van der Waals surface area contributed by atoms with Crippen LogP contribution < -0.4 is 0 Å². The summed E-state index contributed by atoms with van der Waals surface area (Å²) in [7, 11) is 0. The maximum atomic E-state index is 10.8. The Hall–Kier alpha value is -1.76. The van der Waals surface area contributed by atoms with Crippen molar-refractivity contribution in [1.82, 2.24) is 4.98 Å². The van der Waals surface area contributed by atoms with Gasteiger partial charge in [0, 0.05) is 16.0 Å². The molecule has 4 nitrogen and oxygen atoms in total. The lowest BCUT2D eigenvalue weighted by molar-refractivity contribution is 0.0691. The molecular formula is C15H10ClNO3S2. The number of thiazole rings is 1. The maximum Gasteiger partial charge on any atom is 0.355 e. The van der Waals surface area contributed by atoms with Gasteiger partial charge in [0.1, 0.15) is 11.5 Å². The minimum absolute atomic E-state index is 0.0776. The van der Waals surface area contributed by atoms with Gasteiger partial charge in [-0.1, -0.05) is 23.4 Å². The molecule has 0 fully saturated rings. The Kier molecular flexibility index (Phi) is 4.52. The van der Waals surface area contributed by atoms with Crippen molar-refractivity contribution in [1.29, 1.82) is 0 Å². The number of nitrogens with zero attached hydrogens (tertiary/aromatic N) is 1. The third-order valence-corrected chi connectivity index (χ3v) is 5.13. The molecule has 2 aromatic heterocycles. The van der Waals surface area contributed by atoms with Gasteiger partial charge in [0.15, 0.2) is 10.0 Å². The van der Waals surface area contributed by atoms with E-state index < -0.39 is 5.97 Å². The van der Waals surface area contributed by atoms with Gasteiger partial charge in [0.25, 0.3) is 0 Å². The van der Waals surface area contributed by atoms with Gasteiger partial charge in [0.05, 0.1) is 5.75 Å². The summed E-state index contributed by atoms with van der Waals surface area (Å²) in [6.45, 7) is 0. The van der Waals surface area contributed by atoms with E-state index in [0.717, 1.165) is 17.1 Å². The number of hydrogen-bond acceptors (Lipinski definition) is 5. The van der Waals surface area contributed by atoms with Gasteiger partial charge in [-0.2, -0.15) is 0 Å². The molecule has 0 unspecified atom stereocenters. The van der Waals surface area contributed by atoms with E-state index >= 15 is 0 Å². The summed E-state index contributed by atoms with van der Waals surface area (Å²) in [5.41, 5.74) is 1.04. The second-order valence-corrected chi connectivity index (χ2v) is 6.88. The number of furan rings is 1. The van der Waals surface area contributed by atoms with Crippen molar-refractivity contribution < 1.29 is 14.3 Å². The van der Waals surface area contributed by atoms with Crippen LogP contribution in [0.15, 0.2) is 50.5 Å². The lowest BCUT2D eigenvalue weighted by Gasteiger charge is -1.97. The zero-order chi connectivity index (χ0) is 15.5. The van der Waals surface area contributed by atoms with Crippen molar-refractivity contribution in [3.05, 3.63) is 58.3 Å². The first-order valence-electron chi connectivity index (χ1n) is 6.28. The average molecular weight is 352 g/mol. The minimum Gasteiger partial charge on any atom is -0.476 e. The third kappa shape index (κ3) is 3.52. The van der Waals surface area contributed by atoms with E-state index in [4.69, 9.17) is 21.1 Å². The van der Waals surface area contributed by atoms with Crippen LogP contribution in [0.5, 0.6) is 0 Å². The number of carbonyl (C=O) groups is 1. The van der Waals surface area contributed by atoms with Gasteiger partial charge >= 0.3 is 5.97 Å². The fourth-order valence-electron chi connectivity index (χ4n) is 1.78. The van der Waals surface area contributed by atoms with E-state index in [2.05, 4.69) is 4.98 Å². The molecule has 0 aliphatic heterocycles. The summed E-state index contributed by atoms with van der Waals surface area (Å²) in [5.74, 6) is 1.17. The molecule has 2 heterocycles. The number of carboxylic acids is 1. The summed E-state index contributed by atoms with van der Waals surface area (Å²) >= 11 is 8.63. The quantitative estimate of drug-likeness (QED) is 0.652. The average Bonchev–Trinajstić information content (AvgIpc) is 3.15. The van der Waals surface area contributed by atoms with Gasteiger partial charge in [-0.05, 0) is 36.4 Å². The third-order valence-electron chi connectivity index (χ3n) is 2.83. The maximum absolute atomic E-state index is 10.8. The monoisotopic (exact) mass is 351 g/mol. The van der Waals surface area contributed by atoms with Gasteiger partial charge in [0.2, 0.25) is 0 Å². The lowest BCUT2D eigenvalue weighted by atomic mass is 10.2. The summed E-state index contributed by atoms with van der Waals surface area (Å²) < 4.78 is 6.49. The second kappa shape index (κ2) is 6.56. The van der Waals surface area contributed by atoms with Crippen LogP contribution in [-0.2, 0) is 5.75 Å². The molecule has 3 aromatic rings. The van der Waals surface area contributed by atoms with Crippen molar-refractivity contribution in [3.8, 4) is 11.3 Å². The van der Waals surface area contributed by atoms with Crippen molar-refractivity contribution in [2.45, 2.75) is 10.1 Å². The van der Waals surface area contributed by atoms with Crippen molar-refractivity contribution in [2.75, 3.05) is 0 Å². The molecule has 0 amide bonds. The molecule has 0 bridgehead atoms. The number of carboxylic acid groups (broad SMARTS) is 1. The molecule has 1 N–H and O–H groups in total. The molecule has 0 saturated heterocycles. The standard InChI is InChI=1S/C15H10ClNO3S2/c16-10-3-1-9(2-4-10)13-6-5-11(20-13)7-21-15-17-12(8-22-15)14(18)19/h1-6,8H,7H2,(H,18,19). The topological polar surface area (TPSA) is 63.3 Å². The van der Waals surface area contributed by atoms with Crippen LogP contribution in [0.25, 0.3) is 11.3 Å². The van der Waals surface area contributed by atoms with Crippen LogP contribution in [-0.4, -0.2) is 16.1 Å². The Labute approximate surface area is 139 Å². The van der Waals surface area contributed by atoms with Crippen molar-refractivity contribution in [2.24, 2.45) is 0 Å². The van der Waals surface area contributed by atoms with Crippen molar-refractivity contribution in [3.63, 3.8) is 0 Å². The first-order chi connectivity index (χ1) is 10.6. The first-order valence-corrected chi connectivity index (χ1v) is 8.52. The number of aromatic nitrogens is 1. The summed E-state index contributed by atoms with van der Waals surface area (Å²) in [4.78, 5) is 14.8. The minimum atomic E-state index is -1.01. The molecule has 0 aliphatic carbocycles. The first kappa shape index (κ1) is 15.1. The number of hydrogen-bond donors (Lipinski definition) is 1. The molecule has 0 spiro atoms. The summed E-state index contributed by atoms with van der Waals surface area (Å²) in [6, 6.07) is 11.2. The fraction of sp³-hybridized carbons (Fsp3) is 0.0667. The Morgan fingerprint density at radius 2 is 2.05 bits per heavy atom. The van der Waals surface area contributed by atoms with E-state index in [1.807, 2.05) is 36.4 Å². The zero-order valence-corrected chi connectivity index (χ0v) is 13.5. The number of halogens is 1. The molecule has 0 saturated carbocycles. The Morgan fingerprint density at radius 1 is 1.27 bits per heavy atom. The highest BCUT2D eigenvalue weighted by molar-refractivity contribution is 8.00. The Morgan fingerprint density at radius 3 is 2.73 bits per heavy atom. The van der Waals surface area contributed by atoms with Crippen LogP contribution in [0, 0.1) is 0 Å². The Balaban J connectivity index is 1.66. The molecule has 0 atom stereocenters. The van der Waals surface area contributed by atoms with Gasteiger partial charge in [-0.15, -0.1) is 11.3 Å². The van der Waals surface area contributed by atoms with Crippen LogP contribution >= 0.6 is 34.7 Å². The van der Waals surface area contributed by atoms with E-state index in [1.54, 1.807) is 0 Å². The highest BCUT2D eigenvalue weighted by Crippen LogP contribution is 2.29. The molecule has 112 valence electrons. The van der Waals surface area contributed by atoms with Gasteiger partial charge in [-0.3, -0.25) is 0 Å². The number of aromatic carboxylic acids is 1. The molecule has 1 aromatic carbocycles. The molecule has 0 aliphatic rings. The van der Waals surface area contributed by atoms with Crippen LogP contribution in [0.2, 0.25) is 5.02 Å². The van der Waals surface area contributed by atoms with Crippen LogP contribution in [0.1, 0.15) is 16.2 Å². The lowest BCUT2D eigenvalue weighted by Crippen LogP contribution is -1.95. The summed E-state index contributed by atoms with van der Waals surface area (Å²) in [5, 5.41) is 11.1. The summed E-state index contributed by atoms with van der Waals surface area (Å²) in [6.07, 6.45) is 0. The van der Waals surface area contributed by atoms with Gasteiger partial charge < -0.3 is 9.52 Å². The SMILES string of the molecule is O=C(O)c1csc(SCc2ccc(-c3ccc(Cl)cc3)o2)n1. The second-order valence-electron chi connectivity index (χ2n) is 4.37. The molecule has 7 heteroatoms. The molecule has 0 radical (unpaired) electrons. The fourth-order valence-corrected chi connectivity index (χ4v) is 3.60. The predicted molar refractivity (Wildman–Crippen MR) is 87.8 cm³/mol. The largest absolute Gasteiger partial charge is 0.476 e. The Bertz CT molecular complexity index is 795. The van der Waals surface area contributed by atoms with Crippen molar-refractivity contribution >= 4 is 40.7 Å².